The number of hydrogen-bond acceptors (Lipinski definition) is 3. The number of furan rings is 1. The summed E-state index contributed by atoms with van der Waals surface area (Å²) in [6, 6.07) is 8.73. The van der Waals surface area contributed by atoms with Crippen molar-refractivity contribution in [1.82, 2.24) is 0 Å². The molecule has 0 bridgehead atoms. The number of carbonyl (C=O) groups is 1. The lowest BCUT2D eigenvalue weighted by molar-refractivity contribution is -0.138. The lowest BCUT2D eigenvalue weighted by Gasteiger charge is -2.10. The van der Waals surface area contributed by atoms with Gasteiger partial charge in [0.15, 0.2) is 0 Å². The average molecular weight is 444 g/mol. The van der Waals surface area contributed by atoms with Crippen LogP contribution in [0.4, 0.5) is 0 Å². The first kappa shape index (κ1) is 18.1. The Kier molecular flexibility index (Phi) is 5.27. The second-order valence-electron chi connectivity index (χ2n) is 5.55. The summed E-state index contributed by atoms with van der Waals surface area (Å²) in [6.45, 7) is 1.88. The zero-order valence-electron chi connectivity index (χ0n) is 13.1. The van der Waals surface area contributed by atoms with E-state index in [0.717, 1.165) is 10.9 Å². The van der Waals surface area contributed by atoms with Gasteiger partial charge >= 0.3 is 5.97 Å². The number of rotatable bonds is 5. The molecule has 1 atom stereocenters. The first-order chi connectivity index (χ1) is 11.9. The molecule has 0 radical (unpaired) electrons. The minimum atomic E-state index is -0.906. The smallest absolute Gasteiger partial charge is 0.310 e. The Balaban J connectivity index is 1.88. The quantitative estimate of drug-likeness (QED) is 0.504. The Morgan fingerprint density at radius 1 is 1.32 bits per heavy atom. The van der Waals surface area contributed by atoms with E-state index in [9.17, 15) is 9.90 Å². The van der Waals surface area contributed by atoms with Crippen LogP contribution in [0.15, 0.2) is 45.5 Å². The molecule has 0 spiro atoms. The molecule has 0 aliphatic carbocycles. The molecule has 0 amide bonds. The highest BCUT2D eigenvalue weighted by atomic mass is 79.9. The molecule has 0 saturated carbocycles. The number of benzene rings is 2. The maximum Gasteiger partial charge on any atom is 0.310 e. The van der Waals surface area contributed by atoms with Crippen molar-refractivity contribution in [3.8, 4) is 5.75 Å². The Morgan fingerprint density at radius 2 is 2.08 bits per heavy atom. The van der Waals surface area contributed by atoms with Gasteiger partial charge in [0.2, 0.25) is 0 Å². The molecular formula is C18H13BrCl2O4. The monoisotopic (exact) mass is 442 g/mol. The van der Waals surface area contributed by atoms with Crippen LogP contribution in [0.2, 0.25) is 10.0 Å². The van der Waals surface area contributed by atoms with Crippen molar-refractivity contribution in [2.75, 3.05) is 0 Å². The first-order valence-corrected chi connectivity index (χ1v) is 8.92. The highest BCUT2D eigenvalue weighted by Gasteiger charge is 2.20. The number of hydrogen-bond donors (Lipinski definition) is 1. The third-order valence-electron chi connectivity index (χ3n) is 3.89. The van der Waals surface area contributed by atoms with Gasteiger partial charge in [-0.3, -0.25) is 4.79 Å². The molecule has 0 fully saturated rings. The maximum absolute atomic E-state index is 11.2. The van der Waals surface area contributed by atoms with E-state index in [-0.39, 0.29) is 6.61 Å². The van der Waals surface area contributed by atoms with E-state index in [2.05, 4.69) is 15.9 Å². The molecular weight excluding hydrogens is 431 g/mol. The fourth-order valence-corrected chi connectivity index (χ4v) is 3.34. The number of fused-ring (bicyclic) bond motifs is 1. The number of ether oxygens (including phenoxy) is 1. The molecule has 2 aromatic carbocycles. The molecule has 1 N–H and O–H groups in total. The van der Waals surface area contributed by atoms with E-state index in [1.807, 2.05) is 0 Å². The average Bonchev–Trinajstić information content (AvgIpc) is 2.95. The zero-order valence-corrected chi connectivity index (χ0v) is 16.2. The lowest BCUT2D eigenvalue weighted by atomic mass is 10.0. The van der Waals surface area contributed by atoms with Crippen molar-refractivity contribution in [3.05, 3.63) is 62.2 Å². The van der Waals surface area contributed by atoms with Crippen molar-refractivity contribution in [2.45, 2.75) is 19.4 Å². The van der Waals surface area contributed by atoms with Gasteiger partial charge in [0.05, 0.1) is 16.7 Å². The van der Waals surface area contributed by atoms with Crippen LogP contribution < -0.4 is 4.74 Å². The normalized spacial score (nSPS) is 12.3. The summed E-state index contributed by atoms with van der Waals surface area (Å²) in [5.74, 6) is -0.994. The highest BCUT2D eigenvalue weighted by Crippen LogP contribution is 2.36. The van der Waals surface area contributed by atoms with E-state index in [1.165, 1.54) is 6.26 Å². The summed E-state index contributed by atoms with van der Waals surface area (Å²) < 4.78 is 12.0. The van der Waals surface area contributed by atoms with Gasteiger partial charge in [0.25, 0.3) is 0 Å². The molecule has 3 aromatic rings. The molecule has 25 heavy (non-hydrogen) atoms. The Hall–Kier alpha value is -1.69. The predicted octanol–water partition coefficient (Wildman–Crippen LogP) is 6.27. The topological polar surface area (TPSA) is 59.7 Å². The van der Waals surface area contributed by atoms with Crippen LogP contribution in [0.3, 0.4) is 0 Å². The minimum Gasteiger partial charge on any atom is -0.488 e. The second kappa shape index (κ2) is 7.28. The van der Waals surface area contributed by atoms with Gasteiger partial charge in [-0.05, 0) is 41.1 Å². The molecule has 0 aliphatic heterocycles. The van der Waals surface area contributed by atoms with E-state index < -0.39 is 11.9 Å². The van der Waals surface area contributed by atoms with Crippen LogP contribution >= 0.6 is 39.1 Å². The van der Waals surface area contributed by atoms with Crippen LogP contribution in [0.1, 0.15) is 24.0 Å². The number of halogens is 3. The molecule has 4 nitrogen and oxygen atoms in total. The minimum absolute atomic E-state index is 0.263. The van der Waals surface area contributed by atoms with Gasteiger partial charge in [-0.2, -0.15) is 0 Å². The van der Waals surface area contributed by atoms with Crippen LogP contribution in [-0.4, -0.2) is 11.1 Å². The summed E-state index contributed by atoms with van der Waals surface area (Å²) in [4.78, 5) is 11.2. The SMILES string of the molecule is CC(C(=O)O)c1coc2cc(OCc3ccc(Cl)cc3Cl)c(Br)cc12. The molecule has 0 saturated heterocycles. The van der Waals surface area contributed by atoms with Crippen LogP contribution in [0.5, 0.6) is 5.75 Å². The molecule has 0 aliphatic rings. The van der Waals surface area contributed by atoms with Gasteiger partial charge in [0, 0.05) is 32.6 Å². The van der Waals surface area contributed by atoms with Gasteiger partial charge < -0.3 is 14.3 Å². The molecule has 3 rings (SSSR count). The number of aliphatic carboxylic acids is 1. The molecule has 1 aromatic heterocycles. The van der Waals surface area contributed by atoms with Crippen LogP contribution in [0.25, 0.3) is 11.0 Å². The van der Waals surface area contributed by atoms with E-state index in [0.29, 0.717) is 31.4 Å². The highest BCUT2D eigenvalue weighted by molar-refractivity contribution is 9.10. The largest absolute Gasteiger partial charge is 0.488 e. The molecule has 1 heterocycles. The predicted molar refractivity (Wildman–Crippen MR) is 101 cm³/mol. The third-order valence-corrected chi connectivity index (χ3v) is 5.10. The van der Waals surface area contributed by atoms with E-state index >= 15 is 0 Å². The maximum atomic E-state index is 11.2. The van der Waals surface area contributed by atoms with Crippen molar-refractivity contribution in [3.63, 3.8) is 0 Å². The van der Waals surface area contributed by atoms with Crippen molar-refractivity contribution in [1.29, 1.82) is 0 Å². The Morgan fingerprint density at radius 3 is 2.76 bits per heavy atom. The fraction of sp³-hybridized carbons (Fsp3) is 0.167. The molecule has 1 unspecified atom stereocenters. The van der Waals surface area contributed by atoms with E-state index in [1.54, 1.807) is 37.3 Å². The standard InChI is InChI=1S/C18H13BrCl2O4/c1-9(18(22)23)13-8-25-16-6-17(14(19)5-12(13)16)24-7-10-2-3-11(20)4-15(10)21/h2-6,8-9H,7H2,1H3,(H,22,23). The van der Waals surface area contributed by atoms with Gasteiger partial charge in [-0.25, -0.2) is 0 Å². The summed E-state index contributed by atoms with van der Waals surface area (Å²) >= 11 is 15.5. The van der Waals surface area contributed by atoms with Crippen LogP contribution in [-0.2, 0) is 11.4 Å². The zero-order chi connectivity index (χ0) is 18.1. The first-order valence-electron chi connectivity index (χ1n) is 7.37. The van der Waals surface area contributed by atoms with Crippen molar-refractivity contribution < 1.29 is 19.1 Å². The van der Waals surface area contributed by atoms with Crippen LogP contribution in [0, 0.1) is 0 Å². The molecule has 7 heteroatoms. The summed E-state index contributed by atoms with van der Waals surface area (Å²) in [7, 11) is 0. The second-order valence-corrected chi connectivity index (χ2v) is 7.25. The van der Waals surface area contributed by atoms with Crippen molar-refractivity contribution >= 4 is 56.1 Å². The number of carboxylic acids is 1. The number of carboxylic acid groups (broad SMARTS) is 1. The summed E-state index contributed by atoms with van der Waals surface area (Å²) in [5.41, 5.74) is 1.98. The lowest BCUT2D eigenvalue weighted by Crippen LogP contribution is -2.06. The Labute approximate surface area is 162 Å². The van der Waals surface area contributed by atoms with Gasteiger partial charge in [0.1, 0.15) is 17.9 Å². The Bertz CT molecular complexity index is 952. The van der Waals surface area contributed by atoms with Gasteiger partial charge in [-0.1, -0.05) is 29.3 Å². The summed E-state index contributed by atoms with van der Waals surface area (Å²) in [5, 5.41) is 11.0. The van der Waals surface area contributed by atoms with Crippen molar-refractivity contribution in [2.24, 2.45) is 0 Å². The third kappa shape index (κ3) is 3.78. The molecule has 130 valence electrons. The fourth-order valence-electron chi connectivity index (χ4n) is 2.42. The van der Waals surface area contributed by atoms with Gasteiger partial charge in [-0.15, -0.1) is 0 Å². The summed E-state index contributed by atoms with van der Waals surface area (Å²) in [6.07, 6.45) is 1.47. The van der Waals surface area contributed by atoms with E-state index in [4.69, 9.17) is 32.4 Å².